The number of halogens is 1. The number of unbranched alkanes of at least 4 members (excludes halogenated alkanes) is 9. The molecule has 284 valence electrons. The first-order valence-electron chi connectivity index (χ1n) is 17.8. The number of aromatic nitrogens is 1. The molecule has 0 bridgehead atoms. The van der Waals surface area contributed by atoms with Crippen LogP contribution in [0, 0.1) is 5.41 Å². The molecular weight excluding hydrogens is 706 g/mol. The van der Waals surface area contributed by atoms with Crippen LogP contribution in [0.15, 0.2) is 59.6 Å². The summed E-state index contributed by atoms with van der Waals surface area (Å²) in [6.45, 7) is 7.48. The number of carbonyl (C=O) groups excluding carboxylic acids is 4. The molecule has 13 heteroatoms. The highest BCUT2D eigenvalue weighted by molar-refractivity contribution is 7.90. The summed E-state index contributed by atoms with van der Waals surface area (Å²) < 4.78 is 37.7. The first kappa shape index (κ1) is 42.3. The standard InChI is InChI=1S/C39H52ClN3O8S/c1-7-8-9-10-11-12-13-14-15-16-24-50-37(46)27-19-21-29(40)30(25-27)41-36(45)35(34(44)32-18-17-23-43(32)5)51-33-22-20-28(52(6,48)49)26-31(33)42-38(47)39(2,3)4/h17-23,25-26,35H,7-16,24H2,1-6H3,(H,41,45)(H,42,47). The molecule has 0 saturated heterocycles. The second kappa shape index (κ2) is 19.6. The lowest BCUT2D eigenvalue weighted by molar-refractivity contribution is -0.123. The van der Waals surface area contributed by atoms with Crippen molar-refractivity contribution in [2.24, 2.45) is 12.5 Å². The monoisotopic (exact) mass is 757 g/mol. The molecule has 1 atom stereocenters. The average molecular weight is 758 g/mol. The van der Waals surface area contributed by atoms with E-state index in [-0.39, 0.29) is 44.9 Å². The van der Waals surface area contributed by atoms with Crippen LogP contribution < -0.4 is 15.4 Å². The fourth-order valence-corrected chi connectivity index (χ4v) is 6.05. The number of benzene rings is 2. The fraction of sp³-hybridized carbons (Fsp3) is 0.487. The van der Waals surface area contributed by atoms with E-state index >= 15 is 0 Å². The number of Topliss-reactive ketones (excluding diaryl/α,β-unsaturated/α-hetero) is 1. The third kappa shape index (κ3) is 12.8. The number of nitrogens with one attached hydrogen (secondary N) is 2. The predicted octanol–water partition coefficient (Wildman–Crippen LogP) is 8.41. The van der Waals surface area contributed by atoms with Gasteiger partial charge in [-0.1, -0.05) is 97.1 Å². The van der Waals surface area contributed by atoms with E-state index in [9.17, 15) is 27.6 Å². The maximum absolute atomic E-state index is 13.9. The number of ether oxygens (including phenoxy) is 2. The smallest absolute Gasteiger partial charge is 0.338 e. The normalized spacial score (nSPS) is 12.2. The van der Waals surface area contributed by atoms with Crippen LogP contribution in [-0.2, 0) is 31.2 Å². The van der Waals surface area contributed by atoms with Crippen molar-refractivity contribution in [2.45, 2.75) is 103 Å². The Bertz CT molecular complexity index is 1810. The number of nitrogens with zero attached hydrogens (tertiary/aromatic N) is 1. The first-order valence-corrected chi connectivity index (χ1v) is 20.0. The van der Waals surface area contributed by atoms with Crippen LogP contribution in [0.5, 0.6) is 5.75 Å². The van der Waals surface area contributed by atoms with E-state index in [4.69, 9.17) is 21.1 Å². The van der Waals surface area contributed by atoms with Crippen LogP contribution in [0.1, 0.15) is 113 Å². The Morgan fingerprint density at radius 3 is 2.06 bits per heavy atom. The number of ketones is 1. The maximum atomic E-state index is 13.9. The van der Waals surface area contributed by atoms with Crippen molar-refractivity contribution in [3.05, 3.63) is 71.0 Å². The highest BCUT2D eigenvalue weighted by Gasteiger charge is 2.33. The highest BCUT2D eigenvalue weighted by atomic mass is 35.5. The maximum Gasteiger partial charge on any atom is 0.338 e. The molecule has 0 spiro atoms. The van der Waals surface area contributed by atoms with Gasteiger partial charge in [-0.05, 0) is 55.0 Å². The summed E-state index contributed by atoms with van der Waals surface area (Å²) in [7, 11) is -2.07. The van der Waals surface area contributed by atoms with Gasteiger partial charge in [0.15, 0.2) is 9.84 Å². The topological polar surface area (TPSA) is 150 Å². The zero-order chi connectivity index (χ0) is 38.5. The van der Waals surface area contributed by atoms with Gasteiger partial charge in [0.05, 0.1) is 39.2 Å². The SMILES string of the molecule is CCCCCCCCCCCCOC(=O)c1ccc(Cl)c(NC(=O)C(Oc2ccc(S(C)(=O)=O)cc2NC(=O)C(C)(C)C)C(=O)c2cccn2C)c1. The molecule has 1 unspecified atom stereocenters. The van der Waals surface area contributed by atoms with Crippen LogP contribution in [0.25, 0.3) is 0 Å². The summed E-state index contributed by atoms with van der Waals surface area (Å²) in [5.74, 6) is -2.82. The number of amides is 2. The Labute approximate surface area is 312 Å². The molecule has 2 aromatic carbocycles. The van der Waals surface area contributed by atoms with E-state index < -0.39 is 44.9 Å². The molecule has 1 heterocycles. The van der Waals surface area contributed by atoms with Crippen LogP contribution in [0.4, 0.5) is 11.4 Å². The van der Waals surface area contributed by atoms with Crippen molar-refractivity contribution in [1.29, 1.82) is 0 Å². The second-order valence-corrected chi connectivity index (χ2v) is 16.4. The molecule has 0 aliphatic carbocycles. The summed E-state index contributed by atoms with van der Waals surface area (Å²) in [6, 6.07) is 11.1. The number of carbonyl (C=O) groups is 4. The largest absolute Gasteiger partial charge is 0.470 e. The molecule has 1 aromatic heterocycles. The van der Waals surface area contributed by atoms with E-state index in [1.54, 1.807) is 40.1 Å². The molecule has 2 amide bonds. The second-order valence-electron chi connectivity index (χ2n) is 14.0. The molecule has 11 nitrogen and oxygen atoms in total. The molecule has 3 rings (SSSR count). The molecule has 52 heavy (non-hydrogen) atoms. The molecule has 3 aromatic rings. The Morgan fingerprint density at radius 1 is 0.846 bits per heavy atom. The lowest BCUT2D eigenvalue weighted by atomic mass is 9.95. The number of esters is 1. The lowest BCUT2D eigenvalue weighted by Gasteiger charge is -2.23. The number of sulfone groups is 1. The quantitative estimate of drug-likeness (QED) is 0.0505. The predicted molar refractivity (Wildman–Crippen MR) is 204 cm³/mol. The molecule has 0 aliphatic heterocycles. The zero-order valence-electron chi connectivity index (χ0n) is 31.1. The van der Waals surface area contributed by atoms with Crippen molar-refractivity contribution in [3.63, 3.8) is 0 Å². The van der Waals surface area contributed by atoms with Crippen molar-refractivity contribution in [2.75, 3.05) is 23.5 Å². The molecule has 2 N–H and O–H groups in total. The number of hydrogen-bond acceptors (Lipinski definition) is 8. The third-order valence-electron chi connectivity index (χ3n) is 8.42. The minimum atomic E-state index is -3.70. The minimum absolute atomic E-state index is 0.0435. The van der Waals surface area contributed by atoms with E-state index in [1.165, 1.54) is 85.6 Å². The van der Waals surface area contributed by atoms with Gasteiger partial charge >= 0.3 is 5.97 Å². The van der Waals surface area contributed by atoms with Gasteiger partial charge < -0.3 is 24.7 Å². The number of hydrogen-bond donors (Lipinski definition) is 2. The van der Waals surface area contributed by atoms with Gasteiger partial charge in [0, 0.05) is 24.9 Å². The average Bonchev–Trinajstić information content (AvgIpc) is 3.51. The van der Waals surface area contributed by atoms with Gasteiger partial charge in [0.1, 0.15) is 5.75 Å². The van der Waals surface area contributed by atoms with Crippen molar-refractivity contribution < 1.29 is 37.1 Å². The molecule has 0 fully saturated rings. The Hall–Kier alpha value is -4.16. The number of aryl methyl sites for hydroxylation is 1. The van der Waals surface area contributed by atoms with Gasteiger partial charge in [-0.15, -0.1) is 0 Å². The third-order valence-corrected chi connectivity index (χ3v) is 9.86. The number of anilines is 2. The first-order chi connectivity index (χ1) is 24.5. The van der Waals surface area contributed by atoms with Gasteiger partial charge in [-0.25, -0.2) is 13.2 Å². The summed E-state index contributed by atoms with van der Waals surface area (Å²) >= 11 is 6.42. The summed E-state index contributed by atoms with van der Waals surface area (Å²) in [6.07, 6.45) is 12.3. The highest BCUT2D eigenvalue weighted by Crippen LogP contribution is 2.32. The van der Waals surface area contributed by atoms with Gasteiger partial charge in [0.2, 0.25) is 17.8 Å². The van der Waals surface area contributed by atoms with Gasteiger partial charge in [-0.3, -0.25) is 14.4 Å². The molecular formula is C39H52ClN3O8S. The van der Waals surface area contributed by atoms with Gasteiger partial charge in [-0.2, -0.15) is 0 Å². The Kier molecular flexibility index (Phi) is 15.9. The van der Waals surface area contributed by atoms with Crippen molar-refractivity contribution in [3.8, 4) is 5.75 Å². The Balaban J connectivity index is 1.78. The summed E-state index contributed by atoms with van der Waals surface area (Å²) in [4.78, 5) is 53.4. The van der Waals surface area contributed by atoms with E-state index in [1.807, 2.05) is 0 Å². The van der Waals surface area contributed by atoms with E-state index in [0.717, 1.165) is 31.9 Å². The van der Waals surface area contributed by atoms with Crippen LogP contribution in [0.3, 0.4) is 0 Å². The van der Waals surface area contributed by atoms with E-state index in [2.05, 4.69) is 17.6 Å². The fourth-order valence-electron chi connectivity index (χ4n) is 5.24. The molecule has 0 aliphatic rings. The zero-order valence-corrected chi connectivity index (χ0v) is 32.6. The van der Waals surface area contributed by atoms with Crippen molar-refractivity contribution in [1.82, 2.24) is 4.57 Å². The van der Waals surface area contributed by atoms with Crippen LogP contribution >= 0.6 is 11.6 Å². The Morgan fingerprint density at radius 2 is 1.48 bits per heavy atom. The lowest BCUT2D eigenvalue weighted by Crippen LogP contribution is -2.41. The van der Waals surface area contributed by atoms with Crippen LogP contribution in [-0.4, -0.2) is 55.5 Å². The van der Waals surface area contributed by atoms with Crippen molar-refractivity contribution >= 4 is 56.4 Å². The molecule has 0 radical (unpaired) electrons. The summed E-state index contributed by atoms with van der Waals surface area (Å²) in [5.41, 5.74) is -0.581. The van der Waals surface area contributed by atoms with E-state index in [0.29, 0.717) is 0 Å². The molecule has 0 saturated carbocycles. The van der Waals surface area contributed by atoms with Crippen LogP contribution in [0.2, 0.25) is 5.02 Å². The van der Waals surface area contributed by atoms with Gasteiger partial charge in [0.25, 0.3) is 5.91 Å². The number of rotatable bonds is 20. The summed E-state index contributed by atoms with van der Waals surface area (Å²) in [5, 5.41) is 5.36. The minimum Gasteiger partial charge on any atom is -0.470 e.